The average molecular weight is 309 g/mol. The molecule has 0 aromatic heterocycles. The number of nitrogens with zero attached hydrogens (tertiary/aromatic N) is 1. The van der Waals surface area contributed by atoms with E-state index in [1.54, 1.807) is 0 Å². The summed E-state index contributed by atoms with van der Waals surface area (Å²) in [5.74, 6) is 2.11. The fourth-order valence-electron chi connectivity index (χ4n) is 2.85. The molecule has 1 saturated heterocycles. The molecule has 1 aliphatic rings. The van der Waals surface area contributed by atoms with Crippen molar-refractivity contribution >= 4 is 17.7 Å². The van der Waals surface area contributed by atoms with Gasteiger partial charge in [-0.3, -0.25) is 9.69 Å². The van der Waals surface area contributed by atoms with Crippen LogP contribution in [-0.4, -0.2) is 46.7 Å². The first kappa shape index (κ1) is 16.2. The number of benzene rings is 1. The highest BCUT2D eigenvalue weighted by Crippen LogP contribution is 2.33. The van der Waals surface area contributed by atoms with Gasteiger partial charge in [0.2, 0.25) is 0 Å². The molecule has 0 spiro atoms. The van der Waals surface area contributed by atoms with Gasteiger partial charge in [-0.25, -0.2) is 0 Å². The normalized spacial score (nSPS) is 21.0. The van der Waals surface area contributed by atoms with Crippen LogP contribution in [0.3, 0.4) is 0 Å². The molecule has 1 aliphatic heterocycles. The van der Waals surface area contributed by atoms with Gasteiger partial charge >= 0.3 is 5.97 Å². The van der Waals surface area contributed by atoms with Crippen molar-refractivity contribution in [2.24, 2.45) is 0 Å². The van der Waals surface area contributed by atoms with Crippen LogP contribution in [0.15, 0.2) is 24.3 Å². The van der Waals surface area contributed by atoms with Crippen LogP contribution >= 0.6 is 11.8 Å². The summed E-state index contributed by atoms with van der Waals surface area (Å²) >= 11 is 1.84. The Labute approximate surface area is 130 Å². The first-order chi connectivity index (χ1) is 10.1. The Morgan fingerprint density at radius 3 is 3.00 bits per heavy atom. The average Bonchev–Trinajstić information content (AvgIpc) is 2.47. The van der Waals surface area contributed by atoms with Crippen molar-refractivity contribution in [2.45, 2.75) is 32.4 Å². The fourth-order valence-corrected chi connectivity index (χ4v) is 3.93. The van der Waals surface area contributed by atoms with E-state index in [1.165, 1.54) is 0 Å². The van der Waals surface area contributed by atoms with Gasteiger partial charge in [0.05, 0.1) is 13.0 Å². The maximum Gasteiger partial charge on any atom is 0.304 e. The second kappa shape index (κ2) is 7.71. The summed E-state index contributed by atoms with van der Waals surface area (Å²) in [6.45, 7) is 5.68. The zero-order valence-electron chi connectivity index (χ0n) is 12.6. The van der Waals surface area contributed by atoms with Crippen LogP contribution in [0.2, 0.25) is 0 Å². The van der Waals surface area contributed by atoms with Gasteiger partial charge in [-0.05, 0) is 19.9 Å². The second-order valence-electron chi connectivity index (χ2n) is 5.21. The molecule has 4 nitrogen and oxygen atoms in total. The monoisotopic (exact) mass is 309 g/mol. The molecule has 1 fully saturated rings. The van der Waals surface area contributed by atoms with Crippen molar-refractivity contribution in [3.63, 3.8) is 0 Å². The Bertz CT molecular complexity index is 480. The van der Waals surface area contributed by atoms with E-state index in [4.69, 9.17) is 9.84 Å². The quantitative estimate of drug-likeness (QED) is 0.875. The van der Waals surface area contributed by atoms with Crippen LogP contribution in [-0.2, 0) is 4.79 Å². The van der Waals surface area contributed by atoms with Crippen LogP contribution in [0, 0.1) is 0 Å². The third-order valence-electron chi connectivity index (χ3n) is 3.85. The summed E-state index contributed by atoms with van der Waals surface area (Å²) in [4.78, 5) is 13.4. The lowest BCUT2D eigenvalue weighted by Gasteiger charge is -2.39. The van der Waals surface area contributed by atoms with E-state index < -0.39 is 5.97 Å². The number of para-hydroxylation sites is 1. The lowest BCUT2D eigenvalue weighted by Crippen LogP contribution is -2.44. The molecule has 0 bridgehead atoms. The second-order valence-corrected chi connectivity index (χ2v) is 6.36. The van der Waals surface area contributed by atoms with Crippen molar-refractivity contribution in [3.05, 3.63) is 29.8 Å². The third-order valence-corrected chi connectivity index (χ3v) is 4.94. The van der Waals surface area contributed by atoms with Gasteiger partial charge in [-0.15, -0.1) is 0 Å². The highest BCUT2D eigenvalue weighted by Gasteiger charge is 2.30. The van der Waals surface area contributed by atoms with Crippen molar-refractivity contribution in [3.8, 4) is 5.75 Å². The Morgan fingerprint density at radius 1 is 1.52 bits per heavy atom. The van der Waals surface area contributed by atoms with Gasteiger partial charge in [-0.2, -0.15) is 11.8 Å². The maximum absolute atomic E-state index is 11.1. The summed E-state index contributed by atoms with van der Waals surface area (Å²) in [7, 11) is 0. The van der Waals surface area contributed by atoms with Gasteiger partial charge in [0.25, 0.3) is 0 Å². The van der Waals surface area contributed by atoms with Gasteiger partial charge in [0.15, 0.2) is 0 Å². The van der Waals surface area contributed by atoms with Crippen molar-refractivity contribution < 1.29 is 14.6 Å². The van der Waals surface area contributed by atoms with E-state index >= 15 is 0 Å². The Kier molecular flexibility index (Phi) is 5.94. The van der Waals surface area contributed by atoms with Crippen LogP contribution in [0.1, 0.15) is 31.9 Å². The number of aliphatic carboxylic acids is 1. The molecule has 1 heterocycles. The molecule has 0 amide bonds. The smallest absolute Gasteiger partial charge is 0.304 e. The fraction of sp³-hybridized carbons (Fsp3) is 0.562. The molecule has 0 radical (unpaired) electrons. The maximum atomic E-state index is 11.1. The molecule has 1 aromatic carbocycles. The third kappa shape index (κ3) is 4.14. The van der Waals surface area contributed by atoms with Crippen LogP contribution in [0.4, 0.5) is 0 Å². The molecule has 116 valence electrons. The summed E-state index contributed by atoms with van der Waals surface area (Å²) < 4.78 is 5.72. The zero-order valence-corrected chi connectivity index (χ0v) is 13.4. The molecule has 0 saturated carbocycles. The SMILES string of the molecule is CCOc1ccccc1C(C)N1CCSCC1CC(=O)O. The number of hydrogen-bond donors (Lipinski definition) is 1. The van der Waals surface area contributed by atoms with Crippen LogP contribution in [0.25, 0.3) is 0 Å². The van der Waals surface area contributed by atoms with E-state index in [2.05, 4.69) is 17.9 Å². The van der Waals surface area contributed by atoms with E-state index in [0.29, 0.717) is 6.61 Å². The number of thioether (sulfide) groups is 1. The van der Waals surface area contributed by atoms with E-state index in [1.807, 2.05) is 36.9 Å². The van der Waals surface area contributed by atoms with E-state index in [-0.39, 0.29) is 18.5 Å². The number of ether oxygens (including phenoxy) is 1. The molecule has 1 N–H and O–H groups in total. The number of hydrogen-bond acceptors (Lipinski definition) is 4. The predicted octanol–water partition coefficient (Wildman–Crippen LogP) is 3.04. The summed E-state index contributed by atoms with van der Waals surface area (Å²) in [6.07, 6.45) is 0.203. The standard InChI is InChI=1S/C16H23NO3S/c1-3-20-15-7-5-4-6-14(15)12(2)17-8-9-21-11-13(17)10-16(18)19/h4-7,12-13H,3,8-11H2,1-2H3,(H,18,19). The summed E-state index contributed by atoms with van der Waals surface area (Å²) in [5, 5.41) is 9.11. The molecule has 2 rings (SSSR count). The summed E-state index contributed by atoms with van der Waals surface area (Å²) in [5.41, 5.74) is 1.14. The van der Waals surface area contributed by atoms with Gasteiger partial charge < -0.3 is 9.84 Å². The molecular formula is C16H23NO3S. The van der Waals surface area contributed by atoms with Gasteiger partial charge in [0.1, 0.15) is 5.75 Å². The van der Waals surface area contributed by atoms with Crippen molar-refractivity contribution in [1.82, 2.24) is 4.90 Å². The molecular weight excluding hydrogens is 286 g/mol. The topological polar surface area (TPSA) is 49.8 Å². The lowest BCUT2D eigenvalue weighted by atomic mass is 10.0. The zero-order chi connectivity index (χ0) is 15.2. The number of carbonyl (C=O) groups is 1. The van der Waals surface area contributed by atoms with Gasteiger partial charge in [0, 0.05) is 35.7 Å². The predicted molar refractivity (Wildman–Crippen MR) is 86.1 cm³/mol. The first-order valence-corrected chi connectivity index (χ1v) is 8.56. The first-order valence-electron chi connectivity index (χ1n) is 7.40. The highest BCUT2D eigenvalue weighted by atomic mass is 32.2. The molecule has 2 atom stereocenters. The Balaban J connectivity index is 2.20. The molecule has 21 heavy (non-hydrogen) atoms. The minimum Gasteiger partial charge on any atom is -0.494 e. The summed E-state index contributed by atoms with van der Waals surface area (Å²) in [6, 6.07) is 8.31. The molecule has 2 unspecified atom stereocenters. The van der Waals surface area contributed by atoms with Crippen LogP contribution in [0.5, 0.6) is 5.75 Å². The number of carboxylic acid groups (broad SMARTS) is 1. The van der Waals surface area contributed by atoms with Crippen LogP contribution < -0.4 is 4.74 Å². The Morgan fingerprint density at radius 2 is 2.29 bits per heavy atom. The molecule has 0 aliphatic carbocycles. The van der Waals surface area contributed by atoms with E-state index in [0.717, 1.165) is 29.4 Å². The number of carboxylic acids is 1. The Hall–Kier alpha value is -1.20. The lowest BCUT2D eigenvalue weighted by molar-refractivity contribution is -0.138. The minimum atomic E-state index is -0.724. The minimum absolute atomic E-state index is 0.0888. The van der Waals surface area contributed by atoms with Gasteiger partial charge in [-0.1, -0.05) is 18.2 Å². The van der Waals surface area contributed by atoms with E-state index in [9.17, 15) is 4.79 Å². The van der Waals surface area contributed by atoms with Crippen molar-refractivity contribution in [2.75, 3.05) is 24.7 Å². The van der Waals surface area contributed by atoms with Crippen molar-refractivity contribution in [1.29, 1.82) is 0 Å². The number of rotatable bonds is 6. The molecule has 5 heteroatoms. The highest BCUT2D eigenvalue weighted by molar-refractivity contribution is 7.99. The molecule has 1 aromatic rings. The largest absolute Gasteiger partial charge is 0.494 e.